The molecule has 1 atom stereocenters. The molecule has 1 fully saturated rings. The lowest BCUT2D eigenvalue weighted by molar-refractivity contribution is -0.165. The van der Waals surface area contributed by atoms with Crippen LogP contribution < -0.4 is 5.32 Å². The lowest BCUT2D eigenvalue weighted by Gasteiger charge is -2.27. The van der Waals surface area contributed by atoms with Crippen LogP contribution in [-0.2, 0) is 9.59 Å². The van der Waals surface area contributed by atoms with Crippen LogP contribution in [0.15, 0.2) is 0 Å². The Morgan fingerprint density at radius 3 is 2.37 bits per heavy atom. The molecule has 0 spiro atoms. The van der Waals surface area contributed by atoms with Gasteiger partial charge in [-0.3, -0.25) is 9.59 Å². The third-order valence-electron chi connectivity index (χ3n) is 2.87. The van der Waals surface area contributed by atoms with Crippen molar-refractivity contribution in [2.45, 2.75) is 25.1 Å². The van der Waals surface area contributed by atoms with Crippen LogP contribution >= 0.6 is 0 Å². The Bertz CT molecular complexity index is 339. The van der Waals surface area contributed by atoms with Crippen LogP contribution in [0.4, 0.5) is 13.2 Å². The summed E-state index contributed by atoms with van der Waals surface area (Å²) >= 11 is 0. The van der Waals surface area contributed by atoms with Crippen LogP contribution in [0.3, 0.4) is 0 Å². The first-order chi connectivity index (χ1) is 8.70. The summed E-state index contributed by atoms with van der Waals surface area (Å²) in [4.78, 5) is 25.2. The molecule has 0 saturated carbocycles. The van der Waals surface area contributed by atoms with Gasteiger partial charge < -0.3 is 15.1 Å². The number of amides is 2. The van der Waals surface area contributed by atoms with Crippen LogP contribution in [0.2, 0.25) is 0 Å². The molecule has 0 aliphatic carbocycles. The van der Waals surface area contributed by atoms with E-state index in [0.717, 1.165) is 6.42 Å². The van der Waals surface area contributed by atoms with Crippen LogP contribution in [0.5, 0.6) is 0 Å². The molecule has 0 bridgehead atoms. The number of carbonyl (C=O) groups excluding carboxylic acids is 2. The fourth-order valence-electron chi connectivity index (χ4n) is 1.85. The third-order valence-corrected chi connectivity index (χ3v) is 2.87. The van der Waals surface area contributed by atoms with E-state index in [0.29, 0.717) is 17.9 Å². The quantitative estimate of drug-likeness (QED) is 0.802. The third kappa shape index (κ3) is 5.06. The first kappa shape index (κ1) is 15.7. The van der Waals surface area contributed by atoms with Crippen molar-refractivity contribution >= 4 is 11.8 Å². The van der Waals surface area contributed by atoms with Gasteiger partial charge in [0.25, 0.3) is 0 Å². The Morgan fingerprint density at radius 2 is 1.95 bits per heavy atom. The van der Waals surface area contributed by atoms with E-state index in [2.05, 4.69) is 5.32 Å². The molecular formula is C11H18F3N3O2. The van der Waals surface area contributed by atoms with Crippen LogP contribution in [0.1, 0.15) is 12.8 Å². The summed E-state index contributed by atoms with van der Waals surface area (Å²) in [5.41, 5.74) is 0. The molecule has 0 radical (unpaired) electrons. The van der Waals surface area contributed by atoms with Gasteiger partial charge in [-0.2, -0.15) is 13.2 Å². The van der Waals surface area contributed by atoms with Crippen molar-refractivity contribution in [3.05, 3.63) is 0 Å². The van der Waals surface area contributed by atoms with Gasteiger partial charge in [0, 0.05) is 14.1 Å². The second-order valence-corrected chi connectivity index (χ2v) is 4.75. The zero-order valence-electron chi connectivity index (χ0n) is 11.0. The number of nitrogens with zero attached hydrogens (tertiary/aromatic N) is 2. The summed E-state index contributed by atoms with van der Waals surface area (Å²) in [6.07, 6.45) is -3.26. The predicted octanol–water partition coefficient (Wildman–Crippen LogP) is 0.217. The molecule has 8 heteroatoms. The fraction of sp³-hybridized carbons (Fsp3) is 0.818. The molecule has 110 valence electrons. The van der Waals surface area contributed by atoms with Crippen molar-refractivity contribution < 1.29 is 22.8 Å². The largest absolute Gasteiger partial charge is 0.406 e. The lowest BCUT2D eigenvalue weighted by atomic mass is 10.2. The van der Waals surface area contributed by atoms with Crippen LogP contribution in [0, 0.1) is 0 Å². The van der Waals surface area contributed by atoms with Gasteiger partial charge in [-0.1, -0.05) is 0 Å². The highest BCUT2D eigenvalue weighted by Gasteiger charge is 2.37. The lowest BCUT2D eigenvalue weighted by Crippen LogP contribution is -2.50. The summed E-state index contributed by atoms with van der Waals surface area (Å²) in [5, 5.41) is 2.84. The minimum atomic E-state index is -4.51. The van der Waals surface area contributed by atoms with E-state index in [9.17, 15) is 22.8 Å². The van der Waals surface area contributed by atoms with E-state index in [1.807, 2.05) is 0 Å². The molecule has 1 heterocycles. The number of halogens is 3. The highest BCUT2D eigenvalue weighted by molar-refractivity contribution is 5.87. The Kier molecular flexibility index (Phi) is 5.16. The number of rotatable bonds is 4. The number of nitrogens with one attached hydrogen (secondary N) is 1. The van der Waals surface area contributed by atoms with Crippen LogP contribution in [0.25, 0.3) is 0 Å². The molecule has 0 aromatic heterocycles. The Labute approximate surface area is 109 Å². The predicted molar refractivity (Wildman–Crippen MR) is 62.4 cm³/mol. The number of carbonyl (C=O) groups is 2. The summed E-state index contributed by atoms with van der Waals surface area (Å²) in [7, 11) is 2.87. The van der Waals surface area contributed by atoms with Crippen molar-refractivity contribution in [2.24, 2.45) is 0 Å². The zero-order valence-corrected chi connectivity index (χ0v) is 11.0. The monoisotopic (exact) mass is 281 g/mol. The number of hydrogen-bond acceptors (Lipinski definition) is 3. The summed E-state index contributed by atoms with van der Waals surface area (Å²) in [5.74, 6) is -1.19. The van der Waals surface area contributed by atoms with E-state index in [4.69, 9.17) is 0 Å². The van der Waals surface area contributed by atoms with Gasteiger partial charge in [0.05, 0.1) is 6.04 Å². The standard InChI is InChI=1S/C11H18F3N3O2/c1-16(2)9(18)6-17(7-11(12,13)14)10(19)8-4-3-5-15-8/h8,15H,3-7H2,1-2H3/t8-/m0/s1. The smallest absolute Gasteiger partial charge is 0.347 e. The molecule has 19 heavy (non-hydrogen) atoms. The van der Waals surface area contributed by atoms with Gasteiger partial charge in [0.15, 0.2) is 0 Å². The second-order valence-electron chi connectivity index (χ2n) is 4.75. The average molecular weight is 281 g/mol. The topological polar surface area (TPSA) is 52.7 Å². The first-order valence-corrected chi connectivity index (χ1v) is 6.00. The molecule has 0 unspecified atom stereocenters. The summed E-state index contributed by atoms with van der Waals surface area (Å²) in [6, 6.07) is -0.614. The second kappa shape index (κ2) is 6.23. The SMILES string of the molecule is CN(C)C(=O)CN(CC(F)(F)F)C(=O)[C@@H]1CCCN1. The highest BCUT2D eigenvalue weighted by Crippen LogP contribution is 2.18. The zero-order chi connectivity index (χ0) is 14.6. The molecule has 1 rings (SSSR count). The van der Waals surface area contributed by atoms with E-state index < -0.39 is 37.1 Å². The fourth-order valence-corrected chi connectivity index (χ4v) is 1.85. The Morgan fingerprint density at radius 1 is 1.32 bits per heavy atom. The molecule has 1 saturated heterocycles. The van der Waals surface area contributed by atoms with Crippen molar-refractivity contribution in [1.29, 1.82) is 0 Å². The normalized spacial score (nSPS) is 19.3. The first-order valence-electron chi connectivity index (χ1n) is 6.00. The van der Waals surface area contributed by atoms with Gasteiger partial charge >= 0.3 is 6.18 Å². The van der Waals surface area contributed by atoms with Gasteiger partial charge in [-0.25, -0.2) is 0 Å². The van der Waals surface area contributed by atoms with Crippen molar-refractivity contribution in [3.63, 3.8) is 0 Å². The molecular weight excluding hydrogens is 263 g/mol. The maximum atomic E-state index is 12.5. The maximum absolute atomic E-state index is 12.5. The minimum Gasteiger partial charge on any atom is -0.347 e. The molecule has 1 aliphatic heterocycles. The van der Waals surface area contributed by atoms with Gasteiger partial charge in [-0.05, 0) is 19.4 Å². The minimum absolute atomic E-state index is 0.503. The van der Waals surface area contributed by atoms with Crippen molar-refractivity contribution in [2.75, 3.05) is 33.7 Å². The molecule has 1 aliphatic rings. The van der Waals surface area contributed by atoms with E-state index in [-0.39, 0.29) is 0 Å². The summed E-state index contributed by atoms with van der Waals surface area (Å²) < 4.78 is 37.4. The highest BCUT2D eigenvalue weighted by atomic mass is 19.4. The van der Waals surface area contributed by atoms with E-state index in [1.54, 1.807) is 0 Å². The Hall–Kier alpha value is -1.31. The van der Waals surface area contributed by atoms with Gasteiger partial charge in [0.1, 0.15) is 13.1 Å². The van der Waals surface area contributed by atoms with Crippen LogP contribution in [-0.4, -0.2) is 67.6 Å². The molecule has 2 amide bonds. The van der Waals surface area contributed by atoms with E-state index in [1.165, 1.54) is 19.0 Å². The number of likely N-dealkylation sites (N-methyl/N-ethyl adjacent to an activating group) is 1. The average Bonchev–Trinajstić information content (AvgIpc) is 2.78. The van der Waals surface area contributed by atoms with Crippen molar-refractivity contribution in [1.82, 2.24) is 15.1 Å². The molecule has 5 nitrogen and oxygen atoms in total. The molecule has 0 aromatic carbocycles. The van der Waals surface area contributed by atoms with Gasteiger partial charge in [0.2, 0.25) is 11.8 Å². The number of hydrogen-bond donors (Lipinski definition) is 1. The molecule has 1 N–H and O–H groups in total. The maximum Gasteiger partial charge on any atom is 0.406 e. The molecule has 0 aromatic rings. The van der Waals surface area contributed by atoms with E-state index >= 15 is 0 Å². The van der Waals surface area contributed by atoms with Crippen molar-refractivity contribution in [3.8, 4) is 0 Å². The Balaban J connectivity index is 2.73. The van der Waals surface area contributed by atoms with Gasteiger partial charge in [-0.15, -0.1) is 0 Å². The number of alkyl halides is 3. The summed E-state index contributed by atoms with van der Waals surface area (Å²) in [6.45, 7) is -1.34.